The van der Waals surface area contributed by atoms with E-state index >= 15 is 0 Å². The molecule has 1 aromatic carbocycles. The lowest BCUT2D eigenvalue weighted by molar-refractivity contribution is 0.560. The molecule has 0 amide bonds. The van der Waals surface area contributed by atoms with Crippen LogP contribution >= 0.6 is 12.2 Å². The molecule has 0 saturated carbocycles. The first-order chi connectivity index (χ1) is 11.5. The number of aryl methyl sites for hydroxylation is 3. The maximum Gasteiger partial charge on any atom is 0.336 e. The van der Waals surface area contributed by atoms with Gasteiger partial charge in [0.15, 0.2) is 5.11 Å². The summed E-state index contributed by atoms with van der Waals surface area (Å²) in [5.41, 5.74) is 3.53. The second-order valence-electron chi connectivity index (χ2n) is 5.52. The first-order valence-corrected chi connectivity index (χ1v) is 8.03. The van der Waals surface area contributed by atoms with Crippen LogP contribution in [-0.2, 0) is 6.54 Å². The van der Waals surface area contributed by atoms with Crippen molar-refractivity contribution in [1.29, 1.82) is 0 Å². The van der Waals surface area contributed by atoms with Crippen molar-refractivity contribution in [2.24, 2.45) is 0 Å². The van der Waals surface area contributed by atoms with Crippen molar-refractivity contribution in [3.8, 4) is 0 Å². The summed E-state index contributed by atoms with van der Waals surface area (Å²) in [6.45, 7) is 6.63. The Morgan fingerprint density at radius 1 is 1.29 bits per heavy atom. The van der Waals surface area contributed by atoms with Gasteiger partial charge in [0.2, 0.25) is 0 Å². The first-order valence-electron chi connectivity index (χ1n) is 7.63. The molecule has 0 aliphatic carbocycles. The summed E-state index contributed by atoms with van der Waals surface area (Å²) in [5, 5.41) is 11.9. The van der Waals surface area contributed by atoms with E-state index in [2.05, 4.69) is 15.7 Å². The molecule has 6 nitrogen and oxygen atoms in total. The van der Waals surface area contributed by atoms with Gasteiger partial charge in [-0.2, -0.15) is 5.10 Å². The minimum Gasteiger partial charge on any atom is -0.423 e. The summed E-state index contributed by atoms with van der Waals surface area (Å²) >= 11 is 5.35. The molecular formula is C17H18N4O2S. The summed E-state index contributed by atoms with van der Waals surface area (Å²) in [6.07, 6.45) is 1.91. The fourth-order valence-electron chi connectivity index (χ4n) is 2.49. The summed E-state index contributed by atoms with van der Waals surface area (Å²) < 4.78 is 7.09. The average Bonchev–Trinajstić information content (AvgIpc) is 2.86. The van der Waals surface area contributed by atoms with Crippen molar-refractivity contribution in [2.45, 2.75) is 27.3 Å². The molecule has 3 rings (SSSR count). The zero-order valence-electron chi connectivity index (χ0n) is 13.7. The van der Waals surface area contributed by atoms with E-state index in [1.54, 1.807) is 6.07 Å². The molecule has 2 N–H and O–H groups in total. The highest BCUT2D eigenvalue weighted by Gasteiger charge is 2.08. The second-order valence-corrected chi connectivity index (χ2v) is 5.93. The van der Waals surface area contributed by atoms with Crippen LogP contribution < -0.4 is 16.3 Å². The third-order valence-electron chi connectivity index (χ3n) is 3.73. The van der Waals surface area contributed by atoms with Crippen LogP contribution in [0.15, 0.2) is 39.7 Å². The van der Waals surface area contributed by atoms with Gasteiger partial charge in [0.25, 0.3) is 0 Å². The third-order valence-corrected chi connectivity index (χ3v) is 3.93. The Labute approximate surface area is 144 Å². The van der Waals surface area contributed by atoms with Crippen molar-refractivity contribution in [3.05, 3.63) is 52.1 Å². The largest absolute Gasteiger partial charge is 0.423 e. The molecular weight excluding hydrogens is 324 g/mol. The number of nitrogens with zero attached hydrogens (tertiary/aromatic N) is 2. The fourth-order valence-corrected chi connectivity index (χ4v) is 2.72. The molecule has 0 radical (unpaired) electrons. The molecule has 7 heteroatoms. The lowest BCUT2D eigenvalue weighted by Gasteiger charge is -2.10. The molecule has 0 spiro atoms. The predicted octanol–water partition coefficient (Wildman–Crippen LogP) is 3.44. The van der Waals surface area contributed by atoms with Crippen LogP contribution in [0.4, 0.5) is 11.4 Å². The number of hydrogen-bond acceptors (Lipinski definition) is 4. The van der Waals surface area contributed by atoms with E-state index in [0.29, 0.717) is 10.7 Å². The number of thiocarbonyl (C=S) groups is 1. The van der Waals surface area contributed by atoms with Gasteiger partial charge in [0.1, 0.15) is 5.58 Å². The first kappa shape index (κ1) is 16.2. The van der Waals surface area contributed by atoms with Crippen molar-refractivity contribution < 1.29 is 4.42 Å². The monoisotopic (exact) mass is 342 g/mol. The van der Waals surface area contributed by atoms with Crippen LogP contribution in [0.25, 0.3) is 11.0 Å². The molecule has 3 aromatic rings. The van der Waals surface area contributed by atoms with Crippen molar-refractivity contribution in [1.82, 2.24) is 9.78 Å². The van der Waals surface area contributed by atoms with E-state index in [9.17, 15) is 4.79 Å². The van der Waals surface area contributed by atoms with E-state index in [0.717, 1.165) is 34.6 Å². The Balaban J connectivity index is 1.80. The smallest absolute Gasteiger partial charge is 0.336 e. The maximum atomic E-state index is 11.5. The van der Waals surface area contributed by atoms with Crippen LogP contribution in [-0.4, -0.2) is 14.9 Å². The molecule has 0 unspecified atom stereocenters. The Morgan fingerprint density at radius 3 is 2.79 bits per heavy atom. The normalized spacial score (nSPS) is 10.8. The molecule has 0 aliphatic rings. The Bertz CT molecular complexity index is 974. The highest BCUT2D eigenvalue weighted by molar-refractivity contribution is 7.80. The minimum absolute atomic E-state index is 0.361. The van der Waals surface area contributed by atoms with E-state index in [1.807, 2.05) is 43.8 Å². The number of aromatic nitrogens is 2. The number of nitrogens with one attached hydrogen (secondary N) is 2. The Hall–Kier alpha value is -2.67. The number of anilines is 2. The van der Waals surface area contributed by atoms with Crippen LogP contribution in [0.3, 0.4) is 0 Å². The van der Waals surface area contributed by atoms with E-state index in [1.165, 1.54) is 6.07 Å². The van der Waals surface area contributed by atoms with Gasteiger partial charge in [0, 0.05) is 35.9 Å². The summed E-state index contributed by atoms with van der Waals surface area (Å²) in [6, 6.07) is 7.04. The predicted molar refractivity (Wildman–Crippen MR) is 99.7 cm³/mol. The fraction of sp³-hybridized carbons (Fsp3) is 0.235. The van der Waals surface area contributed by atoms with Gasteiger partial charge in [-0.25, -0.2) is 4.79 Å². The van der Waals surface area contributed by atoms with Crippen LogP contribution in [0, 0.1) is 13.8 Å². The lowest BCUT2D eigenvalue weighted by atomic mass is 10.1. The summed E-state index contributed by atoms with van der Waals surface area (Å²) in [4.78, 5) is 11.5. The van der Waals surface area contributed by atoms with Gasteiger partial charge in [-0.1, -0.05) is 0 Å². The van der Waals surface area contributed by atoms with Gasteiger partial charge in [-0.3, -0.25) is 4.68 Å². The highest BCUT2D eigenvalue weighted by Crippen LogP contribution is 2.21. The van der Waals surface area contributed by atoms with E-state index in [-0.39, 0.29) is 5.63 Å². The maximum absolute atomic E-state index is 11.5. The van der Waals surface area contributed by atoms with Crippen LogP contribution in [0.2, 0.25) is 0 Å². The van der Waals surface area contributed by atoms with Gasteiger partial charge in [-0.15, -0.1) is 0 Å². The molecule has 0 bridgehead atoms. The highest BCUT2D eigenvalue weighted by atomic mass is 32.1. The van der Waals surface area contributed by atoms with E-state index in [4.69, 9.17) is 16.6 Å². The lowest BCUT2D eigenvalue weighted by Crippen LogP contribution is -2.19. The number of rotatable bonds is 3. The third kappa shape index (κ3) is 3.30. The van der Waals surface area contributed by atoms with Gasteiger partial charge in [-0.05, 0) is 50.7 Å². The Kier molecular flexibility index (Phi) is 4.35. The molecule has 124 valence electrons. The van der Waals surface area contributed by atoms with Gasteiger partial charge < -0.3 is 15.1 Å². The molecule has 2 aromatic heterocycles. The number of fused-ring (bicyclic) bond motifs is 1. The molecule has 2 heterocycles. The van der Waals surface area contributed by atoms with E-state index < -0.39 is 0 Å². The molecule has 0 fully saturated rings. The van der Waals surface area contributed by atoms with Crippen molar-refractivity contribution in [3.63, 3.8) is 0 Å². The molecule has 0 aliphatic heterocycles. The molecule has 0 saturated heterocycles. The summed E-state index contributed by atoms with van der Waals surface area (Å²) in [7, 11) is 0. The summed E-state index contributed by atoms with van der Waals surface area (Å²) in [5.74, 6) is 0. The zero-order chi connectivity index (χ0) is 17.3. The molecule has 24 heavy (non-hydrogen) atoms. The van der Waals surface area contributed by atoms with Crippen molar-refractivity contribution in [2.75, 3.05) is 10.6 Å². The number of hydrogen-bond donors (Lipinski definition) is 2. The standard InChI is InChI=1S/C17H18N4O2S/c1-4-21-9-14(11(3)20-21)19-17(24)18-12-5-6-13-10(2)7-16(22)23-15(13)8-12/h5-9H,4H2,1-3H3,(H2,18,19,24). The van der Waals surface area contributed by atoms with Gasteiger partial charge in [0.05, 0.1) is 11.4 Å². The topological polar surface area (TPSA) is 72.1 Å². The minimum atomic E-state index is -0.361. The quantitative estimate of drug-likeness (QED) is 0.561. The SMILES string of the molecule is CCn1cc(NC(=S)Nc2ccc3c(C)cc(=O)oc3c2)c(C)n1. The van der Waals surface area contributed by atoms with Gasteiger partial charge >= 0.3 is 5.63 Å². The molecule has 0 atom stereocenters. The second kappa shape index (κ2) is 6.45. The van der Waals surface area contributed by atoms with Crippen LogP contribution in [0.1, 0.15) is 18.2 Å². The van der Waals surface area contributed by atoms with Crippen LogP contribution in [0.5, 0.6) is 0 Å². The van der Waals surface area contributed by atoms with Crippen molar-refractivity contribution >= 4 is 39.7 Å². The number of benzene rings is 1. The average molecular weight is 342 g/mol. The zero-order valence-corrected chi connectivity index (χ0v) is 14.5. The Morgan fingerprint density at radius 2 is 2.08 bits per heavy atom.